The third-order valence-corrected chi connectivity index (χ3v) is 3.46. The third-order valence-electron chi connectivity index (χ3n) is 3.46. The normalized spacial score (nSPS) is 11.3. The summed E-state index contributed by atoms with van der Waals surface area (Å²) in [5, 5.41) is 5.08. The lowest BCUT2D eigenvalue weighted by Crippen LogP contribution is -2.34. The van der Waals surface area contributed by atoms with Crippen molar-refractivity contribution in [2.75, 3.05) is 6.61 Å². The van der Waals surface area contributed by atoms with Crippen LogP contribution in [0.1, 0.15) is 16.7 Å². The number of alkyl halides is 5. The van der Waals surface area contributed by atoms with E-state index in [9.17, 15) is 26.7 Å². The average Bonchev–Trinajstić information content (AvgIpc) is 2.63. The minimum atomic E-state index is -4.41. The number of carbonyl (C=O) groups excluding carboxylic acids is 1. The van der Waals surface area contributed by atoms with Crippen LogP contribution in [0.4, 0.5) is 26.7 Å². The van der Waals surface area contributed by atoms with Crippen LogP contribution in [0.2, 0.25) is 0 Å². The summed E-state index contributed by atoms with van der Waals surface area (Å²) in [4.78, 5) is 11.8. The van der Waals surface area contributed by atoms with Crippen molar-refractivity contribution in [3.05, 3.63) is 65.2 Å². The minimum absolute atomic E-state index is 0.0571. The second kappa shape index (κ2) is 9.20. The maximum atomic E-state index is 12.5. The third kappa shape index (κ3) is 7.12. The van der Waals surface area contributed by atoms with E-state index in [0.717, 1.165) is 12.1 Å². The molecule has 0 atom stereocenters. The second-order valence-electron chi connectivity index (χ2n) is 5.58. The van der Waals surface area contributed by atoms with Crippen molar-refractivity contribution in [3.63, 3.8) is 0 Å². The summed E-state index contributed by atoms with van der Waals surface area (Å²) in [5.74, 6) is 0.264. The van der Waals surface area contributed by atoms with Gasteiger partial charge in [-0.15, -0.1) is 0 Å². The quantitative estimate of drug-likeness (QED) is 0.693. The Morgan fingerprint density at radius 3 is 2.19 bits per heavy atom. The number of ether oxygens (including phenoxy) is 1. The van der Waals surface area contributed by atoms with Gasteiger partial charge >= 0.3 is 12.2 Å². The predicted molar refractivity (Wildman–Crippen MR) is 88.5 cm³/mol. The van der Waals surface area contributed by atoms with Crippen LogP contribution in [0.3, 0.4) is 0 Å². The van der Waals surface area contributed by atoms with Crippen LogP contribution in [-0.4, -0.2) is 19.1 Å². The molecule has 0 radical (unpaired) electrons. The molecular weight excluding hydrogens is 371 g/mol. The maximum absolute atomic E-state index is 12.5. The summed E-state index contributed by atoms with van der Waals surface area (Å²) < 4.78 is 66.6. The summed E-state index contributed by atoms with van der Waals surface area (Å²) in [6, 6.07) is 10.3. The summed E-state index contributed by atoms with van der Waals surface area (Å²) in [6.45, 7) is -0.531. The summed E-state index contributed by atoms with van der Waals surface area (Å²) in [5.41, 5.74) is 0.400. The average molecular weight is 388 g/mol. The number of hydrogen-bond donors (Lipinski definition) is 2. The molecule has 4 nitrogen and oxygen atoms in total. The van der Waals surface area contributed by atoms with E-state index < -0.39 is 30.8 Å². The van der Waals surface area contributed by atoms with E-state index in [1.165, 1.54) is 24.3 Å². The van der Waals surface area contributed by atoms with Crippen LogP contribution >= 0.6 is 0 Å². The van der Waals surface area contributed by atoms with Crippen LogP contribution in [0.15, 0.2) is 48.5 Å². The highest BCUT2D eigenvalue weighted by Gasteiger charge is 2.29. The van der Waals surface area contributed by atoms with Gasteiger partial charge in [-0.1, -0.05) is 24.3 Å². The Balaban J connectivity index is 1.78. The first kappa shape index (κ1) is 20.5. The smallest absolute Gasteiger partial charge is 0.416 e. The summed E-state index contributed by atoms with van der Waals surface area (Å²) in [7, 11) is 0. The molecular formula is C18H17F5N2O2. The molecule has 9 heteroatoms. The van der Waals surface area contributed by atoms with E-state index in [4.69, 9.17) is 4.74 Å². The number of halogens is 5. The van der Waals surface area contributed by atoms with Gasteiger partial charge in [-0.05, 0) is 35.4 Å². The van der Waals surface area contributed by atoms with Crippen molar-refractivity contribution in [1.82, 2.24) is 10.6 Å². The maximum Gasteiger partial charge on any atom is 0.416 e. The van der Waals surface area contributed by atoms with Crippen molar-refractivity contribution in [3.8, 4) is 5.75 Å². The zero-order valence-corrected chi connectivity index (χ0v) is 14.0. The lowest BCUT2D eigenvalue weighted by atomic mass is 10.1. The largest absolute Gasteiger partial charge is 0.488 e. The standard InChI is InChI=1S/C18H17F5N2O2/c19-16(20)11-27-15-3-1-2-13(8-15)10-25-17(26)24-9-12-4-6-14(7-5-12)18(21,22)23/h1-8,16H,9-11H2,(H2,24,25,26). The highest BCUT2D eigenvalue weighted by Crippen LogP contribution is 2.29. The molecule has 0 fully saturated rings. The molecule has 0 bridgehead atoms. The van der Waals surface area contributed by atoms with Gasteiger partial charge in [-0.2, -0.15) is 13.2 Å². The van der Waals surface area contributed by atoms with Gasteiger partial charge < -0.3 is 15.4 Å². The number of hydrogen-bond acceptors (Lipinski definition) is 2. The van der Waals surface area contributed by atoms with Gasteiger partial charge in [0.25, 0.3) is 6.43 Å². The molecule has 0 aliphatic rings. The molecule has 2 amide bonds. The molecule has 146 valence electrons. The second-order valence-corrected chi connectivity index (χ2v) is 5.58. The van der Waals surface area contributed by atoms with Crippen molar-refractivity contribution < 1.29 is 31.5 Å². The molecule has 2 rings (SSSR count). The van der Waals surface area contributed by atoms with E-state index in [1.54, 1.807) is 12.1 Å². The Morgan fingerprint density at radius 1 is 0.963 bits per heavy atom. The van der Waals surface area contributed by atoms with Crippen LogP contribution in [0.25, 0.3) is 0 Å². The Bertz CT molecular complexity index is 748. The van der Waals surface area contributed by atoms with Gasteiger partial charge in [0.1, 0.15) is 12.4 Å². The predicted octanol–water partition coefficient (Wildman–Crippen LogP) is 4.35. The van der Waals surface area contributed by atoms with Gasteiger partial charge in [0, 0.05) is 13.1 Å². The van der Waals surface area contributed by atoms with E-state index in [0.29, 0.717) is 11.1 Å². The highest BCUT2D eigenvalue weighted by atomic mass is 19.4. The molecule has 0 unspecified atom stereocenters. The molecule has 0 aliphatic carbocycles. The Hall–Kier alpha value is -2.84. The summed E-state index contributed by atoms with van der Waals surface area (Å²) in [6.07, 6.45) is -6.99. The topological polar surface area (TPSA) is 50.4 Å². The molecule has 2 aromatic carbocycles. The number of carbonyl (C=O) groups is 1. The fraction of sp³-hybridized carbons (Fsp3) is 0.278. The molecule has 2 N–H and O–H groups in total. The zero-order chi connectivity index (χ0) is 19.9. The molecule has 0 spiro atoms. The Morgan fingerprint density at radius 2 is 1.59 bits per heavy atom. The van der Waals surface area contributed by atoms with Gasteiger partial charge in [0.15, 0.2) is 0 Å². The van der Waals surface area contributed by atoms with E-state index in [-0.39, 0.29) is 18.8 Å². The first-order valence-electron chi connectivity index (χ1n) is 7.92. The number of urea groups is 1. The lowest BCUT2D eigenvalue weighted by molar-refractivity contribution is -0.137. The molecule has 27 heavy (non-hydrogen) atoms. The van der Waals surface area contributed by atoms with Gasteiger partial charge in [-0.3, -0.25) is 0 Å². The van der Waals surface area contributed by atoms with Crippen molar-refractivity contribution in [2.45, 2.75) is 25.7 Å². The molecule has 0 aromatic heterocycles. The van der Waals surface area contributed by atoms with Crippen molar-refractivity contribution in [1.29, 1.82) is 0 Å². The zero-order valence-electron chi connectivity index (χ0n) is 14.0. The van der Waals surface area contributed by atoms with Crippen LogP contribution < -0.4 is 15.4 Å². The van der Waals surface area contributed by atoms with E-state index in [1.807, 2.05) is 0 Å². The van der Waals surface area contributed by atoms with Crippen LogP contribution in [0.5, 0.6) is 5.75 Å². The highest BCUT2D eigenvalue weighted by molar-refractivity contribution is 5.73. The van der Waals surface area contributed by atoms with Crippen molar-refractivity contribution >= 4 is 6.03 Å². The molecule has 0 saturated carbocycles. The SMILES string of the molecule is O=C(NCc1ccc(C(F)(F)F)cc1)NCc1cccc(OCC(F)F)c1. The first-order chi connectivity index (χ1) is 12.7. The van der Waals surface area contributed by atoms with Crippen molar-refractivity contribution in [2.24, 2.45) is 0 Å². The number of benzene rings is 2. The monoisotopic (exact) mass is 388 g/mol. The minimum Gasteiger partial charge on any atom is -0.488 e. The molecule has 0 saturated heterocycles. The molecule has 0 aliphatic heterocycles. The van der Waals surface area contributed by atoms with Crippen LogP contribution in [0, 0.1) is 0 Å². The van der Waals surface area contributed by atoms with Gasteiger partial charge in [-0.25, -0.2) is 13.6 Å². The van der Waals surface area contributed by atoms with Gasteiger partial charge in [0.2, 0.25) is 0 Å². The summed E-state index contributed by atoms with van der Waals surface area (Å²) >= 11 is 0. The van der Waals surface area contributed by atoms with Crippen LogP contribution in [-0.2, 0) is 19.3 Å². The van der Waals surface area contributed by atoms with E-state index in [2.05, 4.69) is 10.6 Å². The molecule has 0 heterocycles. The first-order valence-corrected chi connectivity index (χ1v) is 7.92. The number of amides is 2. The number of nitrogens with one attached hydrogen (secondary N) is 2. The van der Waals surface area contributed by atoms with Gasteiger partial charge in [0.05, 0.1) is 5.56 Å². The Kier molecular flexibility index (Phi) is 6.98. The fourth-order valence-corrected chi connectivity index (χ4v) is 2.14. The lowest BCUT2D eigenvalue weighted by Gasteiger charge is -2.10. The number of rotatable bonds is 7. The molecule has 2 aromatic rings. The Labute approximate surface area is 152 Å². The van der Waals surface area contributed by atoms with E-state index >= 15 is 0 Å². The fourth-order valence-electron chi connectivity index (χ4n) is 2.14.